The van der Waals surface area contributed by atoms with E-state index in [0.29, 0.717) is 0 Å². The minimum Gasteiger partial charge on any atom is -0.449 e. The normalized spacial score (nSPS) is 9.43. The summed E-state index contributed by atoms with van der Waals surface area (Å²) in [6.45, 7) is 13.4. The fourth-order valence-corrected chi connectivity index (χ4v) is 2.46. The molecule has 0 bridgehead atoms. The van der Waals surface area contributed by atoms with Crippen molar-refractivity contribution < 1.29 is 8.83 Å². The van der Waals surface area contributed by atoms with Gasteiger partial charge in [-0.2, -0.15) is 0 Å². The van der Waals surface area contributed by atoms with Crippen LogP contribution in [-0.2, 0) is 7.05 Å². The van der Waals surface area contributed by atoms with Crippen LogP contribution in [0.1, 0.15) is 39.6 Å². The number of hydrogen-bond donors (Lipinski definition) is 0. The topological polar surface area (TPSA) is 95.7 Å². The highest BCUT2D eigenvalue weighted by Crippen LogP contribution is 2.04. The van der Waals surface area contributed by atoms with Crippen LogP contribution in [0.2, 0.25) is 0 Å². The minimum atomic E-state index is 0.734. The Balaban J connectivity index is 0.000000187. The van der Waals surface area contributed by atoms with Gasteiger partial charge in [-0.1, -0.05) is 5.21 Å². The molecule has 4 aromatic heterocycles. The Bertz CT molecular complexity index is 719. The molecule has 0 atom stereocenters. The highest BCUT2D eigenvalue weighted by Gasteiger charge is 1.88. The van der Waals surface area contributed by atoms with E-state index >= 15 is 0 Å². The second-order valence-corrected chi connectivity index (χ2v) is 7.10. The van der Waals surface area contributed by atoms with E-state index in [1.54, 1.807) is 28.5 Å². The number of thiazole rings is 1. The van der Waals surface area contributed by atoms with Gasteiger partial charge in [0.15, 0.2) is 11.8 Å². The van der Waals surface area contributed by atoms with Gasteiger partial charge in [-0.15, -0.1) is 16.4 Å². The Hall–Kier alpha value is -2.81. The van der Waals surface area contributed by atoms with Crippen molar-refractivity contribution in [2.45, 2.75) is 48.5 Å². The Morgan fingerprint density at radius 1 is 0.893 bits per heavy atom. The van der Waals surface area contributed by atoms with Crippen LogP contribution in [0.3, 0.4) is 0 Å². The molecule has 0 N–H and O–H groups in total. The highest BCUT2D eigenvalue weighted by atomic mass is 32.1. The summed E-state index contributed by atoms with van der Waals surface area (Å²) in [5.74, 6) is 2.34. The van der Waals surface area contributed by atoms with Gasteiger partial charge in [0.25, 0.3) is 0 Å². The number of oxazole rings is 2. The molecule has 9 heteroatoms. The molecule has 4 rings (SSSR count). The number of aromatic nitrogens is 6. The fraction of sp³-hybridized carbons (Fsp3) is 0.421. The molecule has 8 nitrogen and oxygen atoms in total. The molecule has 0 unspecified atom stereocenters. The van der Waals surface area contributed by atoms with Gasteiger partial charge in [0.2, 0.25) is 0 Å². The molecule has 28 heavy (non-hydrogen) atoms. The maximum Gasteiger partial charge on any atom is 0.191 e. The maximum atomic E-state index is 4.97. The zero-order valence-electron chi connectivity index (χ0n) is 17.7. The maximum absolute atomic E-state index is 4.97. The Kier molecular flexibility index (Phi) is 9.80. The molecule has 0 aliphatic carbocycles. The van der Waals surface area contributed by atoms with Gasteiger partial charge < -0.3 is 8.83 Å². The lowest BCUT2D eigenvalue weighted by atomic mass is 10.6. The van der Waals surface area contributed by atoms with Crippen LogP contribution in [0.25, 0.3) is 0 Å². The second-order valence-electron chi connectivity index (χ2n) is 6.04. The standard InChI is InChI=1S/2C5H7NO.C5H7NS.C4H7N3/c1-4-3-7-5(2)6-4;1-4-3-6-5(2)7-4;1-4-3-7-5(2)6-4;1-4-3-7(2)6-5-4/h4*3H,1-2H3. The number of nitrogens with zero attached hydrogens (tertiary/aromatic N) is 6. The Morgan fingerprint density at radius 2 is 1.61 bits per heavy atom. The third-order valence-corrected chi connectivity index (χ3v) is 3.81. The van der Waals surface area contributed by atoms with E-state index < -0.39 is 0 Å². The van der Waals surface area contributed by atoms with E-state index in [1.807, 2.05) is 61.7 Å². The summed E-state index contributed by atoms with van der Waals surface area (Å²) < 4.78 is 11.5. The predicted octanol–water partition coefficient (Wildman–Crippen LogP) is 4.47. The molecule has 0 radical (unpaired) electrons. The lowest BCUT2D eigenvalue weighted by molar-refractivity contribution is 0.494. The third-order valence-electron chi connectivity index (χ3n) is 2.92. The smallest absolute Gasteiger partial charge is 0.191 e. The quantitative estimate of drug-likeness (QED) is 0.427. The average molecular weight is 405 g/mol. The largest absolute Gasteiger partial charge is 0.449 e. The van der Waals surface area contributed by atoms with Crippen LogP contribution in [0, 0.1) is 48.5 Å². The summed E-state index contributed by atoms with van der Waals surface area (Å²) in [6, 6.07) is 0. The van der Waals surface area contributed by atoms with Crippen molar-refractivity contribution in [3.63, 3.8) is 0 Å². The Morgan fingerprint density at radius 3 is 1.75 bits per heavy atom. The molecule has 0 aliphatic heterocycles. The zero-order valence-corrected chi connectivity index (χ0v) is 18.5. The van der Waals surface area contributed by atoms with Gasteiger partial charge in [0, 0.05) is 38.2 Å². The Labute approximate surface area is 169 Å². The van der Waals surface area contributed by atoms with Crippen LogP contribution in [0.15, 0.2) is 32.9 Å². The first-order valence-corrected chi connectivity index (χ1v) is 9.53. The van der Waals surface area contributed by atoms with Crippen molar-refractivity contribution in [2.24, 2.45) is 7.05 Å². The average Bonchev–Trinajstić information content (AvgIpc) is 3.37. The van der Waals surface area contributed by atoms with Crippen molar-refractivity contribution in [3.05, 3.63) is 63.7 Å². The van der Waals surface area contributed by atoms with Crippen molar-refractivity contribution >= 4 is 11.3 Å². The van der Waals surface area contributed by atoms with Crippen LogP contribution in [-0.4, -0.2) is 29.9 Å². The summed E-state index contributed by atoms with van der Waals surface area (Å²) in [6.07, 6.45) is 5.20. The monoisotopic (exact) mass is 404 g/mol. The summed E-state index contributed by atoms with van der Waals surface area (Å²) >= 11 is 1.69. The van der Waals surface area contributed by atoms with E-state index in [4.69, 9.17) is 8.83 Å². The first-order chi connectivity index (χ1) is 13.2. The van der Waals surface area contributed by atoms with Gasteiger partial charge in [-0.25, -0.2) is 15.0 Å². The van der Waals surface area contributed by atoms with Gasteiger partial charge in [-0.05, 0) is 34.6 Å². The van der Waals surface area contributed by atoms with Gasteiger partial charge >= 0.3 is 0 Å². The first-order valence-electron chi connectivity index (χ1n) is 8.65. The van der Waals surface area contributed by atoms with E-state index in [0.717, 1.165) is 39.6 Å². The van der Waals surface area contributed by atoms with Gasteiger partial charge in [0.05, 0.1) is 22.6 Å². The fourth-order valence-electron chi connectivity index (χ4n) is 1.87. The molecule has 0 amide bonds. The number of aryl methyl sites for hydroxylation is 8. The molecule has 0 aliphatic rings. The predicted molar refractivity (Wildman–Crippen MR) is 109 cm³/mol. The van der Waals surface area contributed by atoms with E-state index in [-0.39, 0.29) is 0 Å². The lowest BCUT2D eigenvalue weighted by Gasteiger charge is -1.75. The van der Waals surface area contributed by atoms with Crippen LogP contribution in [0.4, 0.5) is 0 Å². The van der Waals surface area contributed by atoms with Crippen molar-refractivity contribution in [1.82, 2.24) is 29.9 Å². The number of hydrogen-bond acceptors (Lipinski definition) is 8. The lowest BCUT2D eigenvalue weighted by Crippen LogP contribution is -1.85. The molecule has 4 aromatic rings. The summed E-state index contributed by atoms with van der Waals surface area (Å²) in [5, 5.41) is 10.6. The molecular weight excluding hydrogens is 376 g/mol. The van der Waals surface area contributed by atoms with Crippen molar-refractivity contribution in [2.75, 3.05) is 0 Å². The van der Waals surface area contributed by atoms with Gasteiger partial charge in [-0.3, -0.25) is 4.68 Å². The SMILES string of the molecule is Cc1cn(C)nn1.Cc1cnc(C)o1.Cc1coc(C)n1.Cc1csc(C)n1. The molecule has 0 fully saturated rings. The highest BCUT2D eigenvalue weighted by molar-refractivity contribution is 7.09. The third kappa shape index (κ3) is 10.4. The summed E-state index contributed by atoms with van der Waals surface area (Å²) in [4.78, 5) is 11.9. The van der Waals surface area contributed by atoms with E-state index in [2.05, 4.69) is 30.6 Å². The molecule has 152 valence electrons. The molecular formula is C19H28N6O2S. The minimum absolute atomic E-state index is 0.734. The van der Waals surface area contributed by atoms with Crippen molar-refractivity contribution in [3.8, 4) is 0 Å². The zero-order chi connectivity index (χ0) is 21.1. The summed E-state index contributed by atoms with van der Waals surface area (Å²) in [5.41, 5.74) is 3.03. The van der Waals surface area contributed by atoms with E-state index in [1.165, 1.54) is 0 Å². The number of rotatable bonds is 0. The molecule has 0 spiro atoms. The van der Waals surface area contributed by atoms with Crippen molar-refractivity contribution in [1.29, 1.82) is 0 Å². The van der Waals surface area contributed by atoms with Crippen LogP contribution < -0.4 is 0 Å². The van der Waals surface area contributed by atoms with Gasteiger partial charge in [0.1, 0.15) is 12.0 Å². The first kappa shape index (κ1) is 23.2. The van der Waals surface area contributed by atoms with Crippen LogP contribution >= 0.6 is 11.3 Å². The van der Waals surface area contributed by atoms with Crippen LogP contribution in [0.5, 0.6) is 0 Å². The second kappa shape index (κ2) is 11.8. The molecule has 4 heterocycles. The summed E-state index contributed by atoms with van der Waals surface area (Å²) in [7, 11) is 1.85. The molecule has 0 saturated heterocycles. The molecule has 0 aromatic carbocycles. The van der Waals surface area contributed by atoms with E-state index in [9.17, 15) is 0 Å². The molecule has 0 saturated carbocycles.